The van der Waals surface area contributed by atoms with E-state index in [1.165, 1.54) is 11.1 Å². The molecule has 0 aliphatic carbocycles. The first kappa shape index (κ1) is 11.7. The average Bonchev–Trinajstić information content (AvgIpc) is 2.40. The van der Waals surface area contributed by atoms with E-state index in [-0.39, 0.29) is 5.92 Å². The Labute approximate surface area is 103 Å². The molecule has 1 unspecified atom stereocenters. The minimum Gasteiger partial charge on any atom is -0.496 e. The van der Waals surface area contributed by atoms with Crippen molar-refractivity contribution in [3.05, 3.63) is 72.6 Å². The monoisotopic (exact) mass is 225 g/mol. The highest BCUT2D eigenvalue weighted by Crippen LogP contribution is 2.25. The molecule has 0 heterocycles. The van der Waals surface area contributed by atoms with Crippen LogP contribution in [0.3, 0.4) is 0 Å². The normalized spacial score (nSPS) is 12.1. The van der Waals surface area contributed by atoms with E-state index in [1.807, 2.05) is 24.3 Å². The number of ether oxygens (including phenoxy) is 1. The molecule has 0 aliphatic heterocycles. The zero-order chi connectivity index (χ0) is 12.1. The molecular formula is C16H17O. The Balaban J connectivity index is 2.16. The first-order chi connectivity index (χ1) is 8.31. The van der Waals surface area contributed by atoms with Gasteiger partial charge in [-0.15, -0.1) is 0 Å². The number of rotatable bonds is 4. The molecule has 1 nitrogen and oxygen atoms in total. The summed E-state index contributed by atoms with van der Waals surface area (Å²) < 4.78 is 5.35. The van der Waals surface area contributed by atoms with Crippen LogP contribution in [0, 0.1) is 6.92 Å². The van der Waals surface area contributed by atoms with Crippen LogP contribution in [0.4, 0.5) is 0 Å². The van der Waals surface area contributed by atoms with Crippen LogP contribution in [0.5, 0.6) is 5.75 Å². The maximum absolute atomic E-state index is 5.35. The molecule has 2 aromatic rings. The van der Waals surface area contributed by atoms with Crippen molar-refractivity contribution in [1.29, 1.82) is 0 Å². The van der Waals surface area contributed by atoms with Gasteiger partial charge in [0.1, 0.15) is 5.75 Å². The molecular weight excluding hydrogens is 208 g/mol. The third kappa shape index (κ3) is 2.88. The molecule has 0 saturated heterocycles. The summed E-state index contributed by atoms with van der Waals surface area (Å²) in [5.41, 5.74) is 2.47. The quantitative estimate of drug-likeness (QED) is 0.767. The lowest BCUT2D eigenvalue weighted by Gasteiger charge is -2.14. The molecule has 0 N–H and O–H groups in total. The lowest BCUT2D eigenvalue weighted by molar-refractivity contribution is 0.409. The Kier molecular flexibility index (Phi) is 3.81. The van der Waals surface area contributed by atoms with Crippen LogP contribution in [0.1, 0.15) is 17.0 Å². The summed E-state index contributed by atoms with van der Waals surface area (Å²) in [6.45, 7) is 4.22. The van der Waals surface area contributed by atoms with Crippen LogP contribution < -0.4 is 4.74 Å². The first-order valence-corrected chi connectivity index (χ1v) is 5.81. The molecule has 1 atom stereocenters. The molecule has 17 heavy (non-hydrogen) atoms. The lowest BCUT2D eigenvalue weighted by atomic mass is 9.93. The van der Waals surface area contributed by atoms with Gasteiger partial charge in [0.25, 0.3) is 0 Å². The summed E-state index contributed by atoms with van der Waals surface area (Å²) in [5, 5.41) is 0. The Morgan fingerprint density at radius 2 is 1.65 bits per heavy atom. The van der Waals surface area contributed by atoms with E-state index in [1.54, 1.807) is 7.11 Å². The van der Waals surface area contributed by atoms with E-state index in [2.05, 4.69) is 37.3 Å². The number of methoxy groups -OCH3 is 1. The third-order valence-electron chi connectivity index (χ3n) is 2.93. The number of para-hydroxylation sites is 1. The van der Waals surface area contributed by atoms with Crippen LogP contribution in [0.2, 0.25) is 0 Å². The van der Waals surface area contributed by atoms with Crippen LogP contribution in [-0.2, 0) is 6.42 Å². The minimum absolute atomic E-state index is 0.257. The molecule has 1 radical (unpaired) electrons. The fourth-order valence-corrected chi connectivity index (χ4v) is 1.98. The van der Waals surface area contributed by atoms with Gasteiger partial charge in [0.2, 0.25) is 0 Å². The Morgan fingerprint density at radius 1 is 1.00 bits per heavy atom. The molecule has 0 spiro atoms. The zero-order valence-corrected chi connectivity index (χ0v) is 10.1. The van der Waals surface area contributed by atoms with Gasteiger partial charge in [-0.25, -0.2) is 0 Å². The van der Waals surface area contributed by atoms with E-state index in [4.69, 9.17) is 4.74 Å². The van der Waals surface area contributed by atoms with E-state index < -0.39 is 0 Å². The smallest absolute Gasteiger partial charge is 0.122 e. The summed E-state index contributed by atoms with van der Waals surface area (Å²) in [5.74, 6) is 1.20. The van der Waals surface area contributed by atoms with Gasteiger partial charge in [-0.2, -0.15) is 0 Å². The molecule has 2 rings (SSSR count). The molecule has 87 valence electrons. The third-order valence-corrected chi connectivity index (χ3v) is 2.93. The second kappa shape index (κ2) is 5.53. The van der Waals surface area contributed by atoms with Crippen molar-refractivity contribution in [2.24, 2.45) is 0 Å². The molecule has 0 amide bonds. The maximum atomic E-state index is 5.35. The molecule has 1 heteroatoms. The summed E-state index contributed by atoms with van der Waals surface area (Å²) in [6, 6.07) is 18.5. The first-order valence-electron chi connectivity index (χ1n) is 5.81. The predicted molar refractivity (Wildman–Crippen MR) is 71.2 cm³/mol. The van der Waals surface area contributed by atoms with Gasteiger partial charge in [0, 0.05) is 0 Å². The van der Waals surface area contributed by atoms with Crippen molar-refractivity contribution < 1.29 is 4.74 Å². The topological polar surface area (TPSA) is 9.23 Å². The number of hydrogen-bond donors (Lipinski definition) is 0. The van der Waals surface area contributed by atoms with E-state index in [9.17, 15) is 0 Å². The van der Waals surface area contributed by atoms with E-state index in [0.717, 1.165) is 12.2 Å². The van der Waals surface area contributed by atoms with Crippen molar-refractivity contribution >= 4 is 0 Å². The van der Waals surface area contributed by atoms with E-state index in [0.29, 0.717) is 0 Å². The zero-order valence-electron chi connectivity index (χ0n) is 10.1. The van der Waals surface area contributed by atoms with Crippen molar-refractivity contribution in [3.8, 4) is 5.75 Å². The fraction of sp³-hybridized carbons (Fsp3) is 0.188. The summed E-state index contributed by atoms with van der Waals surface area (Å²) in [7, 11) is 1.71. The SMILES string of the molecule is [CH2]C(Cc1ccccc1OC)c1ccccc1. The largest absolute Gasteiger partial charge is 0.496 e. The summed E-state index contributed by atoms with van der Waals surface area (Å²) >= 11 is 0. The standard InChI is InChI=1S/C16H17O/c1-13(14-8-4-3-5-9-14)12-15-10-6-7-11-16(15)17-2/h3-11,13H,1,12H2,2H3. The Hall–Kier alpha value is -1.76. The molecule has 0 aliphatic rings. The van der Waals surface area contributed by atoms with Gasteiger partial charge in [-0.1, -0.05) is 48.5 Å². The van der Waals surface area contributed by atoms with Crippen LogP contribution in [0.25, 0.3) is 0 Å². The average molecular weight is 225 g/mol. The Morgan fingerprint density at radius 3 is 2.35 bits per heavy atom. The van der Waals surface area contributed by atoms with E-state index >= 15 is 0 Å². The van der Waals surface area contributed by atoms with Crippen molar-refractivity contribution in [2.75, 3.05) is 7.11 Å². The van der Waals surface area contributed by atoms with Gasteiger partial charge < -0.3 is 4.74 Å². The summed E-state index contributed by atoms with van der Waals surface area (Å²) in [4.78, 5) is 0. The summed E-state index contributed by atoms with van der Waals surface area (Å²) in [6.07, 6.45) is 0.897. The Bertz CT molecular complexity index is 462. The van der Waals surface area contributed by atoms with Gasteiger partial charge in [-0.3, -0.25) is 0 Å². The second-order valence-electron chi connectivity index (χ2n) is 4.12. The minimum atomic E-state index is 0.257. The van der Waals surface area contributed by atoms with Gasteiger partial charge in [-0.05, 0) is 36.5 Å². The van der Waals surface area contributed by atoms with Crippen molar-refractivity contribution in [3.63, 3.8) is 0 Å². The van der Waals surface area contributed by atoms with Gasteiger partial charge in [0.15, 0.2) is 0 Å². The molecule has 2 aromatic carbocycles. The van der Waals surface area contributed by atoms with Crippen LogP contribution in [-0.4, -0.2) is 7.11 Å². The highest BCUT2D eigenvalue weighted by molar-refractivity contribution is 5.35. The van der Waals surface area contributed by atoms with Gasteiger partial charge in [0.05, 0.1) is 7.11 Å². The molecule has 0 fully saturated rings. The lowest BCUT2D eigenvalue weighted by Crippen LogP contribution is -2.00. The van der Waals surface area contributed by atoms with Crippen molar-refractivity contribution in [1.82, 2.24) is 0 Å². The second-order valence-corrected chi connectivity index (χ2v) is 4.12. The molecule has 0 saturated carbocycles. The maximum Gasteiger partial charge on any atom is 0.122 e. The van der Waals surface area contributed by atoms with Crippen LogP contribution >= 0.6 is 0 Å². The van der Waals surface area contributed by atoms with Gasteiger partial charge >= 0.3 is 0 Å². The fourth-order valence-electron chi connectivity index (χ4n) is 1.98. The molecule has 0 aromatic heterocycles. The number of hydrogen-bond acceptors (Lipinski definition) is 1. The highest BCUT2D eigenvalue weighted by Gasteiger charge is 2.09. The highest BCUT2D eigenvalue weighted by atomic mass is 16.5. The predicted octanol–water partition coefficient (Wildman–Crippen LogP) is 3.86. The number of benzene rings is 2. The van der Waals surface area contributed by atoms with Crippen LogP contribution in [0.15, 0.2) is 54.6 Å². The van der Waals surface area contributed by atoms with Crippen molar-refractivity contribution in [2.45, 2.75) is 12.3 Å². The molecule has 0 bridgehead atoms.